The minimum absolute atomic E-state index is 0.160. The number of rotatable bonds is 2. The van der Waals surface area contributed by atoms with E-state index in [4.69, 9.17) is 4.84 Å². The third-order valence-corrected chi connectivity index (χ3v) is 4.08. The van der Waals surface area contributed by atoms with Crippen molar-refractivity contribution in [3.8, 4) is 0 Å². The smallest absolute Gasteiger partial charge is 0.324 e. The molecule has 8 nitrogen and oxygen atoms in total. The number of carbonyl (C=O) groups excluding carboxylic acids is 3. The molecule has 124 valence electrons. The van der Waals surface area contributed by atoms with Crippen LogP contribution in [0.25, 0.3) is 5.65 Å². The van der Waals surface area contributed by atoms with E-state index in [1.54, 1.807) is 38.2 Å². The average molecular weight is 336 g/mol. The van der Waals surface area contributed by atoms with Crippen LogP contribution in [0.4, 0.5) is 0 Å². The summed E-state index contributed by atoms with van der Waals surface area (Å²) >= 11 is 0. The van der Waals surface area contributed by atoms with E-state index >= 15 is 0 Å². The van der Waals surface area contributed by atoms with Crippen LogP contribution in [0.1, 0.15) is 42.5 Å². The Morgan fingerprint density at radius 3 is 2.32 bits per heavy atom. The monoisotopic (exact) mass is 336 g/mol. The molecule has 0 fully saturated rings. The number of carbonyl (C=O) groups is 3. The van der Waals surface area contributed by atoms with Crippen LogP contribution in [0, 0.1) is 13.8 Å². The van der Waals surface area contributed by atoms with E-state index in [0.29, 0.717) is 22.1 Å². The Morgan fingerprint density at radius 2 is 1.68 bits per heavy atom. The van der Waals surface area contributed by atoms with E-state index in [0.717, 1.165) is 0 Å². The number of benzene rings is 1. The van der Waals surface area contributed by atoms with Crippen LogP contribution in [0.2, 0.25) is 0 Å². The quantitative estimate of drug-likeness (QED) is 0.661. The highest BCUT2D eigenvalue weighted by atomic mass is 16.7. The van der Waals surface area contributed by atoms with Crippen LogP contribution in [0.5, 0.6) is 0 Å². The molecule has 3 aromatic rings. The third kappa shape index (κ3) is 2.11. The van der Waals surface area contributed by atoms with Crippen molar-refractivity contribution < 1.29 is 19.2 Å². The molecule has 0 N–H and O–H groups in total. The molecule has 4 rings (SSSR count). The van der Waals surface area contributed by atoms with Gasteiger partial charge in [0, 0.05) is 6.07 Å². The summed E-state index contributed by atoms with van der Waals surface area (Å²) in [4.78, 5) is 46.6. The number of aryl methyl sites for hydroxylation is 2. The van der Waals surface area contributed by atoms with Crippen molar-refractivity contribution in [2.75, 3.05) is 0 Å². The molecule has 1 aliphatic heterocycles. The molecular formula is C17H12N4O4. The lowest BCUT2D eigenvalue weighted by molar-refractivity contribution is -0.0586. The fourth-order valence-corrected chi connectivity index (χ4v) is 2.91. The summed E-state index contributed by atoms with van der Waals surface area (Å²) < 4.78 is 1.49. The van der Waals surface area contributed by atoms with Gasteiger partial charge in [-0.25, -0.2) is 14.3 Å². The van der Waals surface area contributed by atoms with Gasteiger partial charge in [0.15, 0.2) is 5.65 Å². The maximum Gasteiger partial charge on any atom is 0.367 e. The minimum atomic E-state index is -0.839. The zero-order valence-corrected chi connectivity index (χ0v) is 13.4. The molecule has 1 aliphatic rings. The summed E-state index contributed by atoms with van der Waals surface area (Å²) in [6, 6.07) is 8.01. The number of hydrogen-bond donors (Lipinski definition) is 0. The molecule has 0 atom stereocenters. The van der Waals surface area contributed by atoms with Gasteiger partial charge in [0.2, 0.25) is 0 Å². The van der Waals surface area contributed by atoms with Gasteiger partial charge in [-0.2, -0.15) is 5.10 Å². The van der Waals surface area contributed by atoms with Gasteiger partial charge in [-0.15, -0.1) is 0 Å². The van der Waals surface area contributed by atoms with Crippen LogP contribution in [0.15, 0.2) is 36.5 Å². The Bertz CT molecular complexity index is 1030. The highest BCUT2D eigenvalue weighted by Crippen LogP contribution is 2.24. The van der Waals surface area contributed by atoms with Gasteiger partial charge in [-0.05, 0) is 26.0 Å². The van der Waals surface area contributed by atoms with Gasteiger partial charge in [-0.1, -0.05) is 17.2 Å². The van der Waals surface area contributed by atoms with Gasteiger partial charge in [0.05, 0.1) is 28.7 Å². The fourth-order valence-electron chi connectivity index (χ4n) is 2.91. The maximum absolute atomic E-state index is 12.6. The Hall–Kier alpha value is -3.55. The van der Waals surface area contributed by atoms with Crippen molar-refractivity contribution in [1.82, 2.24) is 19.7 Å². The van der Waals surface area contributed by atoms with E-state index in [-0.39, 0.29) is 16.7 Å². The van der Waals surface area contributed by atoms with Crippen molar-refractivity contribution in [3.05, 3.63) is 64.6 Å². The van der Waals surface area contributed by atoms with E-state index < -0.39 is 17.8 Å². The molecule has 25 heavy (non-hydrogen) atoms. The lowest BCUT2D eigenvalue weighted by Gasteiger charge is -2.15. The van der Waals surface area contributed by atoms with Gasteiger partial charge in [0.1, 0.15) is 5.56 Å². The van der Waals surface area contributed by atoms with Crippen LogP contribution in [0.3, 0.4) is 0 Å². The first-order valence-corrected chi connectivity index (χ1v) is 7.50. The van der Waals surface area contributed by atoms with E-state index in [9.17, 15) is 14.4 Å². The van der Waals surface area contributed by atoms with Crippen molar-refractivity contribution in [2.24, 2.45) is 0 Å². The zero-order chi connectivity index (χ0) is 17.7. The van der Waals surface area contributed by atoms with Crippen LogP contribution >= 0.6 is 0 Å². The number of aromatic nitrogens is 3. The highest BCUT2D eigenvalue weighted by Gasteiger charge is 2.39. The molecule has 0 aliphatic carbocycles. The molecule has 1 aromatic carbocycles. The Morgan fingerprint density at radius 1 is 1.04 bits per heavy atom. The standard InChI is InChI=1S/C17H12N4O4/c1-9-14(10(2)20-13(19-9)7-8-18-20)17(24)25-21-15(22)11-5-3-4-6-12(11)16(21)23/h3-8H,1-2H3. The van der Waals surface area contributed by atoms with Gasteiger partial charge in [-0.3, -0.25) is 9.59 Å². The summed E-state index contributed by atoms with van der Waals surface area (Å²) in [6.45, 7) is 3.34. The molecule has 0 saturated carbocycles. The Kier molecular flexibility index (Phi) is 3.14. The average Bonchev–Trinajstić information content (AvgIpc) is 3.14. The van der Waals surface area contributed by atoms with Gasteiger partial charge >= 0.3 is 5.97 Å². The van der Waals surface area contributed by atoms with Crippen molar-refractivity contribution in [2.45, 2.75) is 13.8 Å². The lowest BCUT2D eigenvalue weighted by Crippen LogP contribution is -2.33. The molecule has 2 aromatic heterocycles. The SMILES string of the molecule is Cc1nc2ccnn2c(C)c1C(=O)ON1C(=O)c2ccccc2C1=O. The normalized spacial score (nSPS) is 13.4. The predicted molar refractivity (Wildman–Crippen MR) is 84.8 cm³/mol. The fraction of sp³-hybridized carbons (Fsp3) is 0.118. The van der Waals surface area contributed by atoms with E-state index in [1.807, 2.05) is 0 Å². The van der Waals surface area contributed by atoms with Gasteiger partial charge in [0.25, 0.3) is 11.8 Å². The maximum atomic E-state index is 12.6. The molecule has 0 radical (unpaired) electrons. The Balaban J connectivity index is 1.70. The van der Waals surface area contributed by atoms with Crippen LogP contribution in [-0.4, -0.2) is 37.4 Å². The lowest BCUT2D eigenvalue weighted by atomic mass is 10.1. The number of nitrogens with zero attached hydrogens (tertiary/aromatic N) is 4. The van der Waals surface area contributed by atoms with Crippen LogP contribution < -0.4 is 0 Å². The molecule has 2 amide bonds. The topological polar surface area (TPSA) is 93.9 Å². The molecule has 0 unspecified atom stereocenters. The molecule has 8 heteroatoms. The number of fused-ring (bicyclic) bond motifs is 2. The number of imide groups is 1. The zero-order valence-electron chi connectivity index (χ0n) is 13.4. The first-order valence-electron chi connectivity index (χ1n) is 7.50. The largest absolute Gasteiger partial charge is 0.367 e. The number of hydroxylamine groups is 2. The summed E-state index contributed by atoms with van der Waals surface area (Å²) in [5, 5.41) is 4.58. The Labute approximate surface area is 141 Å². The highest BCUT2D eigenvalue weighted by molar-refractivity contribution is 6.21. The third-order valence-electron chi connectivity index (χ3n) is 4.08. The molecular weight excluding hydrogens is 324 g/mol. The summed E-state index contributed by atoms with van der Waals surface area (Å²) in [7, 11) is 0. The number of hydrogen-bond acceptors (Lipinski definition) is 6. The second-order valence-electron chi connectivity index (χ2n) is 5.59. The molecule has 0 saturated heterocycles. The predicted octanol–water partition coefficient (Wildman–Crippen LogP) is 1.71. The van der Waals surface area contributed by atoms with Crippen LogP contribution in [-0.2, 0) is 4.84 Å². The summed E-state index contributed by atoms with van der Waals surface area (Å²) in [6.07, 6.45) is 1.56. The molecule has 3 heterocycles. The summed E-state index contributed by atoms with van der Waals surface area (Å²) in [5.74, 6) is -2.18. The van der Waals surface area contributed by atoms with Crippen molar-refractivity contribution >= 4 is 23.4 Å². The first kappa shape index (κ1) is 15.0. The summed E-state index contributed by atoms with van der Waals surface area (Å²) in [5.41, 5.74) is 2.09. The number of amides is 2. The molecule has 0 spiro atoms. The second-order valence-corrected chi connectivity index (χ2v) is 5.59. The van der Waals surface area contributed by atoms with E-state index in [1.165, 1.54) is 16.6 Å². The first-order chi connectivity index (χ1) is 12.0. The second kappa shape index (κ2) is 5.23. The van der Waals surface area contributed by atoms with E-state index in [2.05, 4.69) is 10.1 Å². The minimum Gasteiger partial charge on any atom is -0.324 e. The van der Waals surface area contributed by atoms with Gasteiger partial charge < -0.3 is 4.84 Å². The van der Waals surface area contributed by atoms with Crippen molar-refractivity contribution in [1.29, 1.82) is 0 Å². The molecule has 0 bridgehead atoms. The van der Waals surface area contributed by atoms with Crippen molar-refractivity contribution in [3.63, 3.8) is 0 Å².